The van der Waals surface area contributed by atoms with E-state index in [1.54, 1.807) is 11.6 Å². The van der Waals surface area contributed by atoms with Gasteiger partial charge in [-0.25, -0.2) is 9.19 Å². The maximum absolute atomic E-state index is 10.9. The van der Waals surface area contributed by atoms with Crippen LogP contribution in [0.2, 0.25) is 0 Å². The topological polar surface area (TPSA) is 65.2 Å². The predicted octanol–water partition coefficient (Wildman–Crippen LogP) is 0.411. The smallest absolute Gasteiger partial charge is 0.180 e. The molecule has 0 aliphatic heterocycles. The van der Waals surface area contributed by atoms with Gasteiger partial charge in [-0.15, -0.1) is 11.3 Å². The van der Waals surface area contributed by atoms with Gasteiger partial charge in [-0.3, -0.25) is 4.18 Å². The molecule has 6 heteroatoms. The number of nitrogens with two attached hydrogens (primary N) is 1. The van der Waals surface area contributed by atoms with Gasteiger partial charge in [-0.2, -0.15) is 0 Å². The van der Waals surface area contributed by atoms with Crippen LogP contribution in [-0.2, 0) is 15.3 Å². The highest BCUT2D eigenvalue weighted by Gasteiger charge is 2.15. The average molecular weight is 192 g/mol. The van der Waals surface area contributed by atoms with Gasteiger partial charge in [0.1, 0.15) is 5.01 Å². The number of hydrogen-bond acceptors (Lipinski definition) is 5. The minimum absolute atomic E-state index is 0.625. The maximum atomic E-state index is 10.9. The van der Waals surface area contributed by atoms with Gasteiger partial charge in [0.15, 0.2) is 16.5 Å². The normalized spacial score (nSPS) is 16.2. The molecule has 0 bridgehead atoms. The lowest BCUT2D eigenvalue weighted by molar-refractivity contribution is 0.438. The summed E-state index contributed by atoms with van der Waals surface area (Å²) < 4.78 is 15.5. The molecule has 1 rings (SSSR count). The molecule has 1 aromatic rings. The third-order valence-electron chi connectivity index (χ3n) is 1.07. The Morgan fingerprint density at radius 2 is 2.64 bits per heavy atom. The van der Waals surface area contributed by atoms with Gasteiger partial charge in [-0.1, -0.05) is 0 Å². The van der Waals surface area contributed by atoms with Crippen molar-refractivity contribution in [2.24, 2.45) is 5.73 Å². The number of nitrogens with zero attached hydrogens (tertiary/aromatic N) is 1. The van der Waals surface area contributed by atoms with E-state index in [1.165, 1.54) is 18.4 Å². The van der Waals surface area contributed by atoms with E-state index in [1.807, 2.05) is 0 Å². The van der Waals surface area contributed by atoms with Crippen molar-refractivity contribution in [3.8, 4) is 0 Å². The number of thiazole rings is 1. The summed E-state index contributed by atoms with van der Waals surface area (Å²) in [6.45, 7) is 0. The summed E-state index contributed by atoms with van der Waals surface area (Å²) in [6.07, 6.45) is 1.62. The monoisotopic (exact) mass is 192 g/mol. The second-order valence-corrected chi connectivity index (χ2v) is 4.01. The number of aromatic nitrogens is 1. The van der Waals surface area contributed by atoms with Crippen LogP contribution in [0.3, 0.4) is 0 Å². The molecule has 0 amide bonds. The van der Waals surface area contributed by atoms with Crippen molar-refractivity contribution in [1.82, 2.24) is 4.98 Å². The van der Waals surface area contributed by atoms with Crippen LogP contribution >= 0.6 is 11.3 Å². The molecule has 11 heavy (non-hydrogen) atoms. The minimum Gasteiger partial charge on any atom is -0.310 e. The van der Waals surface area contributed by atoms with Gasteiger partial charge in [0.25, 0.3) is 0 Å². The van der Waals surface area contributed by atoms with Gasteiger partial charge >= 0.3 is 0 Å². The summed E-state index contributed by atoms with van der Waals surface area (Å²) in [5.74, 6) is 0. The van der Waals surface area contributed by atoms with Crippen molar-refractivity contribution in [2.75, 3.05) is 7.11 Å². The Hall–Kier alpha value is -0.300. The molecular formula is C5H8N2O2S2. The van der Waals surface area contributed by atoms with Crippen molar-refractivity contribution >= 4 is 22.4 Å². The SMILES string of the molecule is COS(=O)C(N)c1nccs1. The van der Waals surface area contributed by atoms with Crippen molar-refractivity contribution in [3.05, 3.63) is 16.6 Å². The van der Waals surface area contributed by atoms with E-state index in [9.17, 15) is 4.21 Å². The molecular weight excluding hydrogens is 184 g/mol. The first-order valence-electron chi connectivity index (χ1n) is 2.85. The van der Waals surface area contributed by atoms with Crippen molar-refractivity contribution in [2.45, 2.75) is 5.37 Å². The zero-order chi connectivity index (χ0) is 8.27. The van der Waals surface area contributed by atoms with Gasteiger partial charge in [0.2, 0.25) is 0 Å². The second-order valence-electron chi connectivity index (χ2n) is 1.72. The summed E-state index contributed by atoms with van der Waals surface area (Å²) in [6, 6.07) is 0. The Balaban J connectivity index is 2.70. The van der Waals surface area contributed by atoms with Crippen LogP contribution in [0.15, 0.2) is 11.6 Å². The standard InChI is InChI=1S/C5H8N2O2S2/c1-9-11(8)4(6)5-7-2-3-10-5/h2-4H,6H2,1H3. The van der Waals surface area contributed by atoms with Crippen LogP contribution in [0.1, 0.15) is 10.4 Å². The summed E-state index contributed by atoms with van der Waals surface area (Å²) in [4.78, 5) is 3.91. The molecule has 0 saturated heterocycles. The van der Waals surface area contributed by atoms with E-state index in [0.717, 1.165) is 0 Å². The fourth-order valence-corrected chi connectivity index (χ4v) is 1.91. The number of rotatable bonds is 3. The molecule has 4 nitrogen and oxygen atoms in total. The third-order valence-corrected chi connectivity index (χ3v) is 3.04. The molecule has 2 N–H and O–H groups in total. The maximum Gasteiger partial charge on any atom is 0.180 e. The van der Waals surface area contributed by atoms with Crippen LogP contribution in [0.5, 0.6) is 0 Å². The first kappa shape index (κ1) is 8.79. The molecule has 0 saturated carbocycles. The van der Waals surface area contributed by atoms with Gasteiger partial charge in [0, 0.05) is 11.6 Å². The van der Waals surface area contributed by atoms with E-state index in [4.69, 9.17) is 5.73 Å². The molecule has 0 radical (unpaired) electrons. The molecule has 1 aromatic heterocycles. The number of hydrogen-bond donors (Lipinski definition) is 1. The Labute approximate surface area is 71.1 Å². The molecule has 0 aliphatic rings. The summed E-state index contributed by atoms with van der Waals surface area (Å²) in [5.41, 5.74) is 5.52. The molecule has 2 unspecified atom stereocenters. The van der Waals surface area contributed by atoms with Crippen LogP contribution in [0.25, 0.3) is 0 Å². The fourth-order valence-electron chi connectivity index (χ4n) is 0.561. The highest BCUT2D eigenvalue weighted by atomic mass is 32.2. The van der Waals surface area contributed by atoms with Crippen molar-refractivity contribution in [3.63, 3.8) is 0 Å². The van der Waals surface area contributed by atoms with E-state index in [0.29, 0.717) is 5.01 Å². The molecule has 0 aromatic carbocycles. The zero-order valence-corrected chi connectivity index (χ0v) is 7.52. The van der Waals surface area contributed by atoms with E-state index in [2.05, 4.69) is 9.17 Å². The quantitative estimate of drug-likeness (QED) is 0.753. The Kier molecular flexibility index (Phi) is 3.13. The van der Waals surface area contributed by atoms with Crippen LogP contribution in [0, 0.1) is 0 Å². The highest BCUT2D eigenvalue weighted by molar-refractivity contribution is 7.80. The van der Waals surface area contributed by atoms with Crippen molar-refractivity contribution in [1.29, 1.82) is 0 Å². The summed E-state index contributed by atoms with van der Waals surface area (Å²) >= 11 is -0.110. The Morgan fingerprint density at radius 3 is 3.09 bits per heavy atom. The van der Waals surface area contributed by atoms with E-state index in [-0.39, 0.29) is 0 Å². The van der Waals surface area contributed by atoms with Gasteiger partial charge < -0.3 is 5.73 Å². The third kappa shape index (κ3) is 2.06. The first-order valence-corrected chi connectivity index (χ1v) is 4.87. The van der Waals surface area contributed by atoms with Crippen LogP contribution < -0.4 is 5.73 Å². The Morgan fingerprint density at radius 1 is 1.91 bits per heavy atom. The molecule has 0 spiro atoms. The molecule has 2 atom stereocenters. The lowest BCUT2D eigenvalue weighted by atomic mass is 10.7. The minimum atomic E-state index is -1.48. The average Bonchev–Trinajstić information content (AvgIpc) is 2.53. The first-order chi connectivity index (χ1) is 5.25. The largest absolute Gasteiger partial charge is 0.310 e. The highest BCUT2D eigenvalue weighted by Crippen LogP contribution is 2.16. The van der Waals surface area contributed by atoms with E-state index >= 15 is 0 Å². The van der Waals surface area contributed by atoms with Crippen LogP contribution in [0.4, 0.5) is 0 Å². The molecule has 0 aliphatic carbocycles. The van der Waals surface area contributed by atoms with Gasteiger partial charge in [0.05, 0.1) is 7.11 Å². The predicted molar refractivity (Wildman–Crippen MR) is 44.2 cm³/mol. The van der Waals surface area contributed by atoms with E-state index < -0.39 is 16.5 Å². The summed E-state index contributed by atoms with van der Waals surface area (Å²) in [7, 11) is 1.35. The Bertz CT molecular complexity index is 237. The molecule has 62 valence electrons. The lowest BCUT2D eigenvalue weighted by Gasteiger charge is -2.04. The molecule has 1 heterocycles. The fraction of sp³-hybridized carbons (Fsp3) is 0.400. The van der Waals surface area contributed by atoms with Crippen LogP contribution in [-0.4, -0.2) is 16.3 Å². The zero-order valence-electron chi connectivity index (χ0n) is 5.89. The van der Waals surface area contributed by atoms with Crippen molar-refractivity contribution < 1.29 is 8.39 Å². The lowest BCUT2D eigenvalue weighted by Crippen LogP contribution is -2.16. The molecule has 0 fully saturated rings. The second kappa shape index (κ2) is 3.91. The van der Waals surface area contributed by atoms with Gasteiger partial charge in [-0.05, 0) is 0 Å². The summed E-state index contributed by atoms with van der Waals surface area (Å²) in [5, 5.41) is 1.78.